The highest BCUT2D eigenvalue weighted by Gasteiger charge is 2.27. The van der Waals surface area contributed by atoms with E-state index in [1.807, 2.05) is 53.4 Å². The van der Waals surface area contributed by atoms with E-state index in [2.05, 4.69) is 22.3 Å². The van der Waals surface area contributed by atoms with Gasteiger partial charge < -0.3 is 15.1 Å². The number of rotatable bonds is 5. The van der Waals surface area contributed by atoms with Crippen LogP contribution in [0.5, 0.6) is 0 Å². The van der Waals surface area contributed by atoms with Crippen molar-refractivity contribution in [1.29, 1.82) is 0 Å². The van der Waals surface area contributed by atoms with E-state index < -0.39 is 0 Å². The van der Waals surface area contributed by atoms with Crippen LogP contribution in [0.1, 0.15) is 32.7 Å². The Morgan fingerprint density at radius 3 is 2.18 bits per heavy atom. The van der Waals surface area contributed by atoms with Crippen LogP contribution in [0.4, 0.5) is 5.69 Å². The molecule has 5 rings (SSSR count). The van der Waals surface area contributed by atoms with Crippen LogP contribution in [0.2, 0.25) is 0 Å². The zero-order valence-corrected chi connectivity index (χ0v) is 18.3. The molecule has 6 nitrogen and oxygen atoms in total. The largest absolute Gasteiger partial charge is 0.368 e. The van der Waals surface area contributed by atoms with Gasteiger partial charge in [-0.1, -0.05) is 48.5 Å². The van der Waals surface area contributed by atoms with Crippen molar-refractivity contribution in [2.75, 3.05) is 37.6 Å². The van der Waals surface area contributed by atoms with Gasteiger partial charge in [-0.25, -0.2) is 0 Å². The molecule has 3 aromatic rings. The zero-order valence-electron chi connectivity index (χ0n) is 18.3. The van der Waals surface area contributed by atoms with Crippen molar-refractivity contribution in [3.05, 3.63) is 89.5 Å². The fourth-order valence-electron chi connectivity index (χ4n) is 4.57. The summed E-state index contributed by atoms with van der Waals surface area (Å²) in [5, 5.41) is 2.82. The highest BCUT2D eigenvalue weighted by molar-refractivity contribution is 6.22. The smallest absolute Gasteiger partial charge is 0.251 e. The van der Waals surface area contributed by atoms with Gasteiger partial charge in [-0.3, -0.25) is 14.4 Å². The second kappa shape index (κ2) is 8.90. The molecule has 2 aliphatic rings. The third-order valence-corrected chi connectivity index (χ3v) is 6.37. The fourth-order valence-corrected chi connectivity index (χ4v) is 4.57. The van der Waals surface area contributed by atoms with Gasteiger partial charge in [-0.2, -0.15) is 0 Å². The quantitative estimate of drug-likeness (QED) is 0.518. The number of nitrogens with one attached hydrogen (secondary N) is 1. The molecular weight excluding hydrogens is 414 g/mol. The van der Waals surface area contributed by atoms with Crippen molar-refractivity contribution < 1.29 is 14.4 Å². The maximum Gasteiger partial charge on any atom is 0.251 e. The molecule has 33 heavy (non-hydrogen) atoms. The van der Waals surface area contributed by atoms with Gasteiger partial charge >= 0.3 is 0 Å². The lowest BCUT2D eigenvalue weighted by molar-refractivity contribution is -0.131. The lowest BCUT2D eigenvalue weighted by Gasteiger charge is -2.36. The number of hydrogen-bond donors (Lipinski definition) is 1. The van der Waals surface area contributed by atoms with Crippen molar-refractivity contribution in [1.82, 2.24) is 10.2 Å². The molecule has 1 saturated heterocycles. The Kier molecular flexibility index (Phi) is 5.65. The van der Waals surface area contributed by atoms with Gasteiger partial charge in [0.2, 0.25) is 5.91 Å². The number of para-hydroxylation sites is 1. The summed E-state index contributed by atoms with van der Waals surface area (Å²) < 4.78 is 0. The van der Waals surface area contributed by atoms with Crippen molar-refractivity contribution in [2.24, 2.45) is 0 Å². The molecule has 2 amide bonds. The Balaban J connectivity index is 1.13. The molecule has 0 spiro atoms. The average molecular weight is 440 g/mol. The van der Waals surface area contributed by atoms with Crippen LogP contribution in [-0.2, 0) is 4.79 Å². The monoisotopic (exact) mass is 439 g/mol. The lowest BCUT2D eigenvalue weighted by Crippen LogP contribution is -2.49. The molecule has 1 N–H and O–H groups in total. The minimum atomic E-state index is -0.275. The predicted octanol–water partition coefficient (Wildman–Crippen LogP) is 3.37. The number of piperazine rings is 1. The summed E-state index contributed by atoms with van der Waals surface area (Å²) in [4.78, 5) is 42.0. The fraction of sp³-hybridized carbons (Fsp3) is 0.222. The number of carbonyl (C=O) groups excluding carboxylic acids is 3. The summed E-state index contributed by atoms with van der Waals surface area (Å²) in [6, 6.07) is 22.9. The van der Waals surface area contributed by atoms with E-state index in [0.29, 0.717) is 29.8 Å². The van der Waals surface area contributed by atoms with Gasteiger partial charge in [0.05, 0.1) is 0 Å². The summed E-state index contributed by atoms with van der Waals surface area (Å²) in [7, 11) is 0. The van der Waals surface area contributed by atoms with Crippen LogP contribution in [0.3, 0.4) is 0 Å². The lowest BCUT2D eigenvalue weighted by atomic mass is 10.0. The third-order valence-electron chi connectivity index (χ3n) is 6.37. The van der Waals surface area contributed by atoms with Crippen molar-refractivity contribution >= 4 is 23.3 Å². The van der Waals surface area contributed by atoms with Gasteiger partial charge in [-0.05, 0) is 35.4 Å². The summed E-state index contributed by atoms with van der Waals surface area (Å²) in [5.74, 6) is -0.286. The Morgan fingerprint density at radius 1 is 0.758 bits per heavy atom. The number of nitrogens with zero attached hydrogens (tertiary/aromatic N) is 2. The molecule has 0 atom stereocenters. The molecule has 3 aromatic carbocycles. The van der Waals surface area contributed by atoms with Crippen LogP contribution >= 0.6 is 0 Å². The molecule has 6 heteroatoms. The first-order valence-corrected chi connectivity index (χ1v) is 11.3. The highest BCUT2D eigenvalue weighted by atomic mass is 16.2. The summed E-state index contributed by atoms with van der Waals surface area (Å²) in [6.45, 7) is 3.22. The number of anilines is 1. The first-order chi connectivity index (χ1) is 16.1. The maximum absolute atomic E-state index is 12.7. The second-order valence-corrected chi connectivity index (χ2v) is 8.34. The van der Waals surface area contributed by atoms with Crippen LogP contribution in [0.15, 0.2) is 72.8 Å². The molecular formula is C27H25N3O3. The molecule has 0 bridgehead atoms. The third kappa shape index (κ3) is 4.12. The van der Waals surface area contributed by atoms with Crippen molar-refractivity contribution in [3.63, 3.8) is 0 Å². The average Bonchev–Trinajstić information content (AvgIpc) is 3.16. The molecule has 1 heterocycles. The number of ketones is 1. The number of hydrogen-bond acceptors (Lipinski definition) is 4. The van der Waals surface area contributed by atoms with Crippen molar-refractivity contribution in [2.45, 2.75) is 6.42 Å². The van der Waals surface area contributed by atoms with Crippen LogP contribution in [-0.4, -0.2) is 55.2 Å². The first kappa shape index (κ1) is 20.9. The summed E-state index contributed by atoms with van der Waals surface area (Å²) >= 11 is 0. The van der Waals surface area contributed by atoms with Crippen LogP contribution < -0.4 is 10.2 Å². The zero-order chi connectivity index (χ0) is 22.8. The van der Waals surface area contributed by atoms with Crippen molar-refractivity contribution in [3.8, 4) is 11.1 Å². The molecule has 1 fully saturated rings. The molecule has 1 aliphatic carbocycles. The van der Waals surface area contributed by atoms with E-state index in [9.17, 15) is 14.4 Å². The first-order valence-electron chi connectivity index (χ1n) is 11.3. The maximum atomic E-state index is 12.7. The van der Waals surface area contributed by atoms with E-state index in [0.717, 1.165) is 24.2 Å². The minimum Gasteiger partial charge on any atom is -0.368 e. The Labute approximate surface area is 192 Å². The van der Waals surface area contributed by atoms with Crippen LogP contribution in [0.25, 0.3) is 11.1 Å². The molecule has 0 saturated carbocycles. The van der Waals surface area contributed by atoms with E-state index in [4.69, 9.17) is 0 Å². The van der Waals surface area contributed by atoms with E-state index in [-0.39, 0.29) is 30.6 Å². The molecule has 0 aromatic heterocycles. The molecule has 1 aliphatic heterocycles. The number of carbonyl (C=O) groups is 3. The number of benzene rings is 3. The van der Waals surface area contributed by atoms with Gasteiger partial charge in [0.15, 0.2) is 5.78 Å². The van der Waals surface area contributed by atoms with Gasteiger partial charge in [0.1, 0.15) is 0 Å². The van der Waals surface area contributed by atoms with Gasteiger partial charge in [-0.15, -0.1) is 0 Å². The van der Waals surface area contributed by atoms with Crippen LogP contribution in [0, 0.1) is 0 Å². The Bertz CT molecular complexity index is 1210. The van der Waals surface area contributed by atoms with E-state index in [1.165, 1.54) is 5.69 Å². The molecule has 166 valence electrons. The minimum absolute atomic E-state index is 0.0441. The predicted molar refractivity (Wildman–Crippen MR) is 127 cm³/mol. The molecule has 0 radical (unpaired) electrons. The van der Waals surface area contributed by atoms with Gasteiger partial charge in [0.25, 0.3) is 5.91 Å². The van der Waals surface area contributed by atoms with E-state index in [1.54, 1.807) is 12.1 Å². The summed E-state index contributed by atoms with van der Waals surface area (Å²) in [6.07, 6.45) is 0.256. The Hall–Kier alpha value is -3.93. The second-order valence-electron chi connectivity index (χ2n) is 8.34. The molecule has 0 unspecified atom stereocenters. The topological polar surface area (TPSA) is 69.7 Å². The standard InChI is InChI=1S/C27H25N3O3/c31-25(30-16-14-29(15-17-30)20-6-2-1-3-7-20)12-13-28-27(33)19-10-11-22-21-8-4-5-9-23(21)26(32)24(22)18-19/h1-11,18H,12-17H2,(H,28,33). The van der Waals surface area contributed by atoms with E-state index >= 15 is 0 Å². The highest BCUT2D eigenvalue weighted by Crippen LogP contribution is 2.36. The number of amides is 2. The Morgan fingerprint density at radius 2 is 1.42 bits per heavy atom. The SMILES string of the molecule is O=C(NCCC(=O)N1CCN(c2ccccc2)CC1)c1ccc2c(c1)C(=O)c1ccccc1-2. The summed E-state index contributed by atoms with van der Waals surface area (Å²) in [5.41, 5.74) is 4.59. The van der Waals surface area contributed by atoms with Gasteiger partial charge in [0, 0.05) is 61.5 Å². The number of fused-ring (bicyclic) bond motifs is 3. The normalized spacial score (nSPS) is 14.6.